The zero-order chi connectivity index (χ0) is 14.3. The molecule has 0 aliphatic carbocycles. The fourth-order valence-corrected chi connectivity index (χ4v) is 2.10. The molecule has 2 heterocycles. The molecule has 0 fully saturated rings. The molecular formula is C10H8F3N3O2S. The normalized spacial score (nSPS) is 15.2. The average Bonchev–Trinajstić information content (AvgIpc) is 2.76. The predicted octanol–water partition coefficient (Wildman–Crippen LogP) is 2.51. The summed E-state index contributed by atoms with van der Waals surface area (Å²) < 4.78 is 38.6. The van der Waals surface area contributed by atoms with Crippen molar-refractivity contribution >= 4 is 33.3 Å². The third-order valence-electron chi connectivity index (χ3n) is 2.62. The maximum Gasteiger partial charge on any atom is 0.422 e. The van der Waals surface area contributed by atoms with Crippen LogP contribution in [0.5, 0.6) is 0 Å². The van der Waals surface area contributed by atoms with Gasteiger partial charge in [0, 0.05) is 0 Å². The van der Waals surface area contributed by atoms with Crippen molar-refractivity contribution in [2.45, 2.75) is 18.6 Å². The van der Waals surface area contributed by atoms with E-state index in [1.807, 2.05) is 5.32 Å². The molecule has 0 radical (unpaired) electrons. The third kappa shape index (κ3) is 2.21. The van der Waals surface area contributed by atoms with E-state index in [0.717, 1.165) is 6.33 Å². The number of carboxylic acids is 1. The number of hydrogen-bond donors (Lipinski definition) is 2. The summed E-state index contributed by atoms with van der Waals surface area (Å²) in [5, 5.41) is 12.8. The lowest BCUT2D eigenvalue weighted by atomic mass is 10.0. The Balaban J connectivity index is 2.48. The van der Waals surface area contributed by atoms with E-state index in [9.17, 15) is 18.0 Å². The van der Waals surface area contributed by atoms with E-state index in [0.29, 0.717) is 17.1 Å². The third-order valence-corrected chi connectivity index (χ3v) is 3.45. The summed E-state index contributed by atoms with van der Waals surface area (Å²) in [4.78, 5) is 19.0. The first kappa shape index (κ1) is 13.5. The fraction of sp³-hybridized carbons (Fsp3) is 0.300. The first-order valence-corrected chi connectivity index (χ1v) is 5.90. The Kier molecular flexibility index (Phi) is 3.09. The highest BCUT2D eigenvalue weighted by atomic mass is 32.1. The zero-order valence-electron chi connectivity index (χ0n) is 9.52. The summed E-state index contributed by atoms with van der Waals surface area (Å²) in [6, 6.07) is 1.53. The molecule has 0 saturated carbocycles. The SMILES string of the molecule is CC(Nc1ncnc2sccc12)(C(=O)O)C(F)(F)F. The number of anilines is 1. The Morgan fingerprint density at radius 2 is 2.11 bits per heavy atom. The van der Waals surface area contributed by atoms with Gasteiger partial charge in [0.05, 0.1) is 5.39 Å². The van der Waals surface area contributed by atoms with Gasteiger partial charge in [-0.3, -0.25) is 0 Å². The van der Waals surface area contributed by atoms with Gasteiger partial charge in [-0.15, -0.1) is 11.3 Å². The van der Waals surface area contributed by atoms with Crippen LogP contribution in [0.4, 0.5) is 19.0 Å². The van der Waals surface area contributed by atoms with Crippen molar-refractivity contribution in [3.63, 3.8) is 0 Å². The zero-order valence-corrected chi connectivity index (χ0v) is 10.3. The number of carbonyl (C=O) groups is 1. The molecule has 0 aliphatic rings. The number of aromatic nitrogens is 2. The smallest absolute Gasteiger partial charge is 0.422 e. The number of thiophene rings is 1. The molecule has 9 heteroatoms. The summed E-state index contributed by atoms with van der Waals surface area (Å²) in [5.41, 5.74) is -3.11. The van der Waals surface area contributed by atoms with E-state index in [1.54, 1.807) is 5.38 Å². The standard InChI is InChI=1S/C10H8F3N3O2S/c1-9(8(17)18,10(11,12)13)16-6-5-2-3-19-7(5)15-4-14-6/h2-4H,1H3,(H,17,18)(H,14,15,16). The molecule has 0 aromatic carbocycles. The van der Waals surface area contributed by atoms with Gasteiger partial charge in [-0.05, 0) is 18.4 Å². The monoisotopic (exact) mass is 291 g/mol. The van der Waals surface area contributed by atoms with Crippen LogP contribution in [0.2, 0.25) is 0 Å². The number of fused-ring (bicyclic) bond motifs is 1. The van der Waals surface area contributed by atoms with Gasteiger partial charge in [-0.25, -0.2) is 14.8 Å². The molecule has 102 valence electrons. The molecule has 2 aromatic heterocycles. The van der Waals surface area contributed by atoms with Crippen molar-refractivity contribution in [1.29, 1.82) is 0 Å². The Morgan fingerprint density at radius 1 is 1.42 bits per heavy atom. The molecule has 5 nitrogen and oxygen atoms in total. The lowest BCUT2D eigenvalue weighted by Crippen LogP contribution is -2.55. The molecule has 2 aromatic rings. The molecule has 1 atom stereocenters. The average molecular weight is 291 g/mol. The fourth-order valence-electron chi connectivity index (χ4n) is 1.37. The molecule has 19 heavy (non-hydrogen) atoms. The molecule has 0 spiro atoms. The molecule has 0 aliphatic heterocycles. The highest BCUT2D eigenvalue weighted by molar-refractivity contribution is 7.16. The van der Waals surface area contributed by atoms with E-state index < -0.39 is 17.7 Å². The second kappa shape index (κ2) is 4.34. The number of nitrogens with zero attached hydrogens (tertiary/aromatic N) is 2. The van der Waals surface area contributed by atoms with Crippen molar-refractivity contribution in [3.05, 3.63) is 17.8 Å². The van der Waals surface area contributed by atoms with Gasteiger partial charge in [0.25, 0.3) is 0 Å². The van der Waals surface area contributed by atoms with Crippen LogP contribution in [-0.4, -0.2) is 32.8 Å². The second-order valence-corrected chi connectivity index (χ2v) is 4.81. The lowest BCUT2D eigenvalue weighted by molar-refractivity contribution is -0.192. The minimum absolute atomic E-state index is 0.159. The summed E-state index contributed by atoms with van der Waals surface area (Å²) in [6.07, 6.45) is -3.88. The largest absolute Gasteiger partial charge is 0.479 e. The number of alkyl halides is 3. The first-order valence-electron chi connectivity index (χ1n) is 5.02. The minimum Gasteiger partial charge on any atom is -0.479 e. The van der Waals surface area contributed by atoms with Gasteiger partial charge < -0.3 is 10.4 Å². The number of halogens is 3. The molecule has 0 saturated heterocycles. The quantitative estimate of drug-likeness (QED) is 0.908. The lowest BCUT2D eigenvalue weighted by Gasteiger charge is -2.29. The summed E-state index contributed by atoms with van der Waals surface area (Å²) in [7, 11) is 0. The van der Waals surface area contributed by atoms with Crippen LogP contribution in [0.15, 0.2) is 17.8 Å². The van der Waals surface area contributed by atoms with Crippen LogP contribution in [0.1, 0.15) is 6.92 Å². The molecular weight excluding hydrogens is 283 g/mol. The summed E-state index contributed by atoms with van der Waals surface area (Å²) in [5.74, 6) is -2.18. The Labute approximate surface area is 109 Å². The molecule has 0 bridgehead atoms. The van der Waals surface area contributed by atoms with Gasteiger partial charge >= 0.3 is 12.1 Å². The number of carboxylic acid groups (broad SMARTS) is 1. The van der Waals surface area contributed by atoms with E-state index in [1.165, 1.54) is 17.4 Å². The Morgan fingerprint density at radius 3 is 2.68 bits per heavy atom. The first-order chi connectivity index (χ1) is 8.75. The Bertz CT molecular complexity index is 628. The van der Waals surface area contributed by atoms with Gasteiger partial charge in [0.2, 0.25) is 5.54 Å². The number of rotatable bonds is 3. The van der Waals surface area contributed by atoms with Crippen molar-refractivity contribution in [1.82, 2.24) is 9.97 Å². The van der Waals surface area contributed by atoms with Crippen LogP contribution in [0.3, 0.4) is 0 Å². The van der Waals surface area contributed by atoms with Gasteiger partial charge in [0.15, 0.2) is 0 Å². The van der Waals surface area contributed by atoms with Crippen LogP contribution in [-0.2, 0) is 4.79 Å². The van der Waals surface area contributed by atoms with Crippen LogP contribution in [0.25, 0.3) is 10.2 Å². The van der Waals surface area contributed by atoms with E-state index in [2.05, 4.69) is 9.97 Å². The van der Waals surface area contributed by atoms with Crippen LogP contribution < -0.4 is 5.32 Å². The topological polar surface area (TPSA) is 75.1 Å². The van der Waals surface area contributed by atoms with E-state index >= 15 is 0 Å². The van der Waals surface area contributed by atoms with Crippen molar-refractivity contribution < 1.29 is 23.1 Å². The van der Waals surface area contributed by atoms with Crippen LogP contribution >= 0.6 is 11.3 Å². The molecule has 2 N–H and O–H groups in total. The number of hydrogen-bond acceptors (Lipinski definition) is 5. The van der Waals surface area contributed by atoms with Crippen molar-refractivity contribution in [2.24, 2.45) is 0 Å². The maximum absolute atomic E-state index is 12.9. The number of nitrogens with one attached hydrogen (secondary N) is 1. The highest BCUT2D eigenvalue weighted by Gasteiger charge is 2.58. The highest BCUT2D eigenvalue weighted by Crippen LogP contribution is 2.35. The van der Waals surface area contributed by atoms with Gasteiger partial charge in [0.1, 0.15) is 17.0 Å². The predicted molar refractivity (Wildman–Crippen MR) is 63.1 cm³/mol. The van der Waals surface area contributed by atoms with E-state index in [-0.39, 0.29) is 5.82 Å². The van der Waals surface area contributed by atoms with Crippen LogP contribution in [0, 0.1) is 0 Å². The Hall–Kier alpha value is -1.90. The van der Waals surface area contributed by atoms with E-state index in [4.69, 9.17) is 5.11 Å². The number of aliphatic carboxylic acids is 1. The van der Waals surface area contributed by atoms with Crippen molar-refractivity contribution in [2.75, 3.05) is 5.32 Å². The van der Waals surface area contributed by atoms with Gasteiger partial charge in [-0.2, -0.15) is 13.2 Å². The molecule has 2 rings (SSSR count). The van der Waals surface area contributed by atoms with Gasteiger partial charge in [-0.1, -0.05) is 0 Å². The second-order valence-electron chi connectivity index (χ2n) is 3.91. The summed E-state index contributed by atoms with van der Waals surface area (Å²) >= 11 is 1.22. The molecule has 0 amide bonds. The molecule has 1 unspecified atom stereocenters. The van der Waals surface area contributed by atoms with Crippen molar-refractivity contribution in [3.8, 4) is 0 Å². The minimum atomic E-state index is -4.97. The maximum atomic E-state index is 12.9. The summed E-state index contributed by atoms with van der Waals surface area (Å²) in [6.45, 7) is 0.551.